The number of nitrogens with two attached hydrogens (primary N) is 1. The summed E-state index contributed by atoms with van der Waals surface area (Å²) in [5.74, 6) is -4.95. The van der Waals surface area contributed by atoms with Crippen LogP contribution in [0, 0.1) is 23.3 Å². The summed E-state index contributed by atoms with van der Waals surface area (Å²) in [6.45, 7) is 0. The highest BCUT2D eigenvalue weighted by Crippen LogP contribution is 2.24. The second kappa shape index (κ2) is 5.20. The van der Waals surface area contributed by atoms with Gasteiger partial charge in [-0.1, -0.05) is 0 Å². The lowest BCUT2D eigenvalue weighted by Gasteiger charge is -2.10. The molecule has 1 amide bonds. The fourth-order valence-corrected chi connectivity index (χ4v) is 1.58. The summed E-state index contributed by atoms with van der Waals surface area (Å²) in [6.07, 6.45) is 0. The number of carbonyl (C=O) groups is 1. The molecule has 0 saturated carbocycles. The Morgan fingerprint density at radius 2 is 1.65 bits per heavy atom. The quantitative estimate of drug-likeness (QED) is 0.657. The third-order valence-electron chi connectivity index (χ3n) is 2.50. The molecule has 0 bridgehead atoms. The van der Waals surface area contributed by atoms with Gasteiger partial charge in [0.25, 0.3) is 5.91 Å². The second-order valence-corrected chi connectivity index (χ2v) is 3.93. The molecule has 0 aliphatic rings. The lowest BCUT2D eigenvalue weighted by Crippen LogP contribution is -2.16. The average molecular weight is 284 g/mol. The SMILES string of the molecule is Nc1cc(F)cc(F)c1NC(=O)c1cc(F)ccc1F. The fourth-order valence-electron chi connectivity index (χ4n) is 1.58. The van der Waals surface area contributed by atoms with Gasteiger partial charge in [0.15, 0.2) is 5.82 Å². The van der Waals surface area contributed by atoms with Gasteiger partial charge in [-0.25, -0.2) is 17.6 Å². The van der Waals surface area contributed by atoms with Crippen LogP contribution >= 0.6 is 0 Å². The molecule has 2 aromatic rings. The molecule has 2 aromatic carbocycles. The van der Waals surface area contributed by atoms with Gasteiger partial charge in [-0.3, -0.25) is 4.79 Å². The maximum atomic E-state index is 13.5. The number of nitrogen functional groups attached to an aromatic ring is 1. The van der Waals surface area contributed by atoms with Crippen molar-refractivity contribution in [2.24, 2.45) is 0 Å². The van der Waals surface area contributed by atoms with E-state index in [9.17, 15) is 22.4 Å². The van der Waals surface area contributed by atoms with Crippen molar-refractivity contribution in [2.45, 2.75) is 0 Å². The van der Waals surface area contributed by atoms with Crippen molar-refractivity contribution in [2.75, 3.05) is 11.1 Å². The van der Waals surface area contributed by atoms with Gasteiger partial charge >= 0.3 is 0 Å². The number of amides is 1. The average Bonchev–Trinajstić information content (AvgIpc) is 2.36. The van der Waals surface area contributed by atoms with Crippen molar-refractivity contribution < 1.29 is 22.4 Å². The monoisotopic (exact) mass is 284 g/mol. The maximum absolute atomic E-state index is 13.5. The zero-order valence-electron chi connectivity index (χ0n) is 9.88. The minimum Gasteiger partial charge on any atom is -0.397 e. The Labute approximate surface area is 111 Å². The third-order valence-corrected chi connectivity index (χ3v) is 2.50. The van der Waals surface area contributed by atoms with E-state index in [1.807, 2.05) is 5.32 Å². The normalized spacial score (nSPS) is 10.4. The predicted molar refractivity (Wildman–Crippen MR) is 65.1 cm³/mol. The first kappa shape index (κ1) is 13.9. The molecule has 0 saturated heterocycles. The number of nitrogens with one attached hydrogen (secondary N) is 1. The van der Waals surface area contributed by atoms with E-state index in [1.54, 1.807) is 0 Å². The maximum Gasteiger partial charge on any atom is 0.258 e. The number of benzene rings is 2. The van der Waals surface area contributed by atoms with Crippen LogP contribution in [-0.4, -0.2) is 5.91 Å². The Kier molecular flexibility index (Phi) is 3.60. The fraction of sp³-hybridized carbons (Fsp3) is 0. The zero-order chi connectivity index (χ0) is 14.9. The molecule has 0 aliphatic heterocycles. The van der Waals surface area contributed by atoms with E-state index in [0.29, 0.717) is 12.1 Å². The van der Waals surface area contributed by atoms with Crippen molar-refractivity contribution in [3.05, 3.63) is 59.2 Å². The Balaban J connectivity index is 2.35. The summed E-state index contributed by atoms with van der Waals surface area (Å²) in [4.78, 5) is 11.7. The van der Waals surface area contributed by atoms with Gasteiger partial charge in [0, 0.05) is 6.07 Å². The van der Waals surface area contributed by atoms with E-state index >= 15 is 0 Å². The van der Waals surface area contributed by atoms with Crippen LogP contribution in [0.2, 0.25) is 0 Å². The number of hydrogen-bond acceptors (Lipinski definition) is 2. The molecule has 7 heteroatoms. The Bertz CT molecular complexity index is 665. The first-order chi connectivity index (χ1) is 9.38. The highest BCUT2D eigenvalue weighted by atomic mass is 19.1. The lowest BCUT2D eigenvalue weighted by atomic mass is 10.1. The van der Waals surface area contributed by atoms with Crippen molar-refractivity contribution in [3.8, 4) is 0 Å². The van der Waals surface area contributed by atoms with E-state index < -0.39 is 40.4 Å². The van der Waals surface area contributed by atoms with Crippen LogP contribution in [0.15, 0.2) is 30.3 Å². The largest absolute Gasteiger partial charge is 0.397 e. The van der Waals surface area contributed by atoms with Gasteiger partial charge in [0.1, 0.15) is 23.1 Å². The number of rotatable bonds is 2. The molecule has 20 heavy (non-hydrogen) atoms. The highest BCUT2D eigenvalue weighted by molar-refractivity contribution is 6.06. The van der Waals surface area contributed by atoms with Crippen molar-refractivity contribution >= 4 is 17.3 Å². The Morgan fingerprint density at radius 3 is 2.30 bits per heavy atom. The van der Waals surface area contributed by atoms with E-state index in [2.05, 4.69) is 0 Å². The summed E-state index contributed by atoms with van der Waals surface area (Å²) >= 11 is 0. The Hall–Kier alpha value is -2.57. The topological polar surface area (TPSA) is 55.1 Å². The highest BCUT2D eigenvalue weighted by Gasteiger charge is 2.17. The summed E-state index contributed by atoms with van der Waals surface area (Å²) in [6, 6.07) is 3.55. The van der Waals surface area contributed by atoms with Crippen molar-refractivity contribution in [3.63, 3.8) is 0 Å². The van der Waals surface area contributed by atoms with Crippen LogP contribution in [0.25, 0.3) is 0 Å². The zero-order valence-corrected chi connectivity index (χ0v) is 9.88. The molecule has 3 N–H and O–H groups in total. The van der Waals surface area contributed by atoms with Crippen LogP contribution < -0.4 is 11.1 Å². The first-order valence-corrected chi connectivity index (χ1v) is 5.39. The van der Waals surface area contributed by atoms with Crippen molar-refractivity contribution in [1.29, 1.82) is 0 Å². The van der Waals surface area contributed by atoms with Crippen LogP contribution in [0.4, 0.5) is 28.9 Å². The predicted octanol–water partition coefficient (Wildman–Crippen LogP) is 3.08. The molecular weight excluding hydrogens is 276 g/mol. The standard InChI is InChI=1S/C13H8F4N2O/c14-6-1-2-9(16)8(3-6)13(20)19-12-10(17)4-7(15)5-11(12)18/h1-5H,18H2,(H,19,20). The van der Waals surface area contributed by atoms with Gasteiger partial charge in [-0.2, -0.15) is 0 Å². The summed E-state index contributed by atoms with van der Waals surface area (Å²) in [7, 11) is 0. The number of anilines is 2. The smallest absolute Gasteiger partial charge is 0.258 e. The van der Waals surface area contributed by atoms with Crippen LogP contribution in [-0.2, 0) is 0 Å². The first-order valence-electron chi connectivity index (χ1n) is 5.39. The van der Waals surface area contributed by atoms with Crippen LogP contribution in [0.3, 0.4) is 0 Å². The molecule has 0 atom stereocenters. The molecule has 0 fully saturated rings. The molecule has 3 nitrogen and oxygen atoms in total. The molecule has 0 aromatic heterocycles. The van der Waals surface area contributed by atoms with E-state index in [0.717, 1.165) is 18.2 Å². The van der Waals surface area contributed by atoms with Crippen LogP contribution in [0.1, 0.15) is 10.4 Å². The van der Waals surface area contributed by atoms with Gasteiger partial charge in [-0.15, -0.1) is 0 Å². The van der Waals surface area contributed by atoms with E-state index in [-0.39, 0.29) is 5.69 Å². The molecule has 104 valence electrons. The summed E-state index contributed by atoms with van der Waals surface area (Å²) in [5.41, 5.74) is 3.87. The van der Waals surface area contributed by atoms with E-state index in [4.69, 9.17) is 5.73 Å². The van der Waals surface area contributed by atoms with Crippen LogP contribution in [0.5, 0.6) is 0 Å². The summed E-state index contributed by atoms with van der Waals surface area (Å²) < 4.78 is 52.6. The summed E-state index contributed by atoms with van der Waals surface area (Å²) in [5, 5.41) is 1.98. The van der Waals surface area contributed by atoms with Gasteiger partial charge in [0.2, 0.25) is 0 Å². The molecule has 0 heterocycles. The number of halogens is 4. The third kappa shape index (κ3) is 2.71. The molecule has 0 spiro atoms. The second-order valence-electron chi connectivity index (χ2n) is 3.93. The lowest BCUT2D eigenvalue weighted by molar-refractivity contribution is 0.102. The Morgan fingerprint density at radius 1 is 0.950 bits per heavy atom. The number of carbonyl (C=O) groups excluding carboxylic acids is 1. The van der Waals surface area contributed by atoms with Gasteiger partial charge < -0.3 is 11.1 Å². The van der Waals surface area contributed by atoms with E-state index in [1.165, 1.54) is 0 Å². The van der Waals surface area contributed by atoms with Gasteiger partial charge in [0.05, 0.1) is 11.3 Å². The minimum absolute atomic E-state index is 0.368. The molecule has 2 rings (SSSR count). The number of hydrogen-bond donors (Lipinski definition) is 2. The molecule has 0 aliphatic carbocycles. The van der Waals surface area contributed by atoms with Crippen molar-refractivity contribution in [1.82, 2.24) is 0 Å². The molecule has 0 unspecified atom stereocenters. The minimum atomic E-state index is -1.12. The van der Waals surface area contributed by atoms with Gasteiger partial charge in [-0.05, 0) is 24.3 Å². The molecular formula is C13H8F4N2O. The molecule has 0 radical (unpaired) electrons.